The van der Waals surface area contributed by atoms with Gasteiger partial charge in [-0.25, -0.2) is 9.59 Å². The highest BCUT2D eigenvalue weighted by molar-refractivity contribution is 6.76. The highest BCUT2D eigenvalue weighted by atomic mass is 28.3. The van der Waals surface area contributed by atoms with Crippen molar-refractivity contribution >= 4 is 25.7 Å². The first-order valence-corrected chi connectivity index (χ1v) is 14.6. The summed E-state index contributed by atoms with van der Waals surface area (Å²) in [5.41, 5.74) is 1.64. The third-order valence-electron chi connectivity index (χ3n) is 4.89. The van der Waals surface area contributed by atoms with Gasteiger partial charge in [-0.2, -0.15) is 0 Å². The van der Waals surface area contributed by atoms with Crippen LogP contribution in [-0.2, 0) is 19.1 Å². The first-order chi connectivity index (χ1) is 15.1. The van der Waals surface area contributed by atoms with Crippen LogP contribution >= 0.6 is 0 Å². The Labute approximate surface area is 196 Å². The number of ether oxygens (including phenoxy) is 2. The van der Waals surface area contributed by atoms with Crippen LogP contribution < -0.4 is 5.32 Å². The van der Waals surface area contributed by atoms with Crippen LogP contribution in [0.4, 0.5) is 5.69 Å². The molecule has 0 saturated heterocycles. The predicted molar refractivity (Wildman–Crippen MR) is 129 cm³/mol. The van der Waals surface area contributed by atoms with E-state index in [9.17, 15) is 19.7 Å². The first-order valence-electron chi connectivity index (χ1n) is 10.9. The number of nitro groups is 1. The second-order valence-corrected chi connectivity index (χ2v) is 16.2. The minimum Gasteiger partial charge on any atom is -0.466 e. The summed E-state index contributed by atoms with van der Waals surface area (Å²) >= 11 is 0. The van der Waals surface area contributed by atoms with Gasteiger partial charge in [-0.15, -0.1) is 0 Å². The molecule has 0 saturated carbocycles. The van der Waals surface area contributed by atoms with E-state index in [1.807, 2.05) is 20.8 Å². The summed E-state index contributed by atoms with van der Waals surface area (Å²) in [6, 6.07) is 5.98. The molecule has 33 heavy (non-hydrogen) atoms. The summed E-state index contributed by atoms with van der Waals surface area (Å²) in [6.07, 6.45) is 0.316. The van der Waals surface area contributed by atoms with E-state index in [4.69, 9.17) is 9.47 Å². The summed E-state index contributed by atoms with van der Waals surface area (Å²) < 4.78 is 11.2. The highest BCUT2D eigenvalue weighted by Crippen LogP contribution is 2.40. The van der Waals surface area contributed by atoms with E-state index in [-0.39, 0.29) is 28.9 Å². The van der Waals surface area contributed by atoms with Gasteiger partial charge in [-0.1, -0.05) is 52.5 Å². The number of hydrogen-bond acceptors (Lipinski definition) is 7. The molecule has 1 aromatic carbocycles. The summed E-state index contributed by atoms with van der Waals surface area (Å²) in [4.78, 5) is 37.4. The molecule has 1 aliphatic heterocycles. The van der Waals surface area contributed by atoms with Gasteiger partial charge in [0.15, 0.2) is 0 Å². The van der Waals surface area contributed by atoms with E-state index < -0.39 is 30.9 Å². The number of non-ortho nitro benzene ring substituents is 1. The van der Waals surface area contributed by atoms with Crippen LogP contribution in [-0.4, -0.2) is 37.8 Å². The number of dihydropyridines is 1. The molecule has 1 atom stereocenters. The Hall–Kier alpha value is -2.94. The van der Waals surface area contributed by atoms with Gasteiger partial charge < -0.3 is 14.8 Å². The molecular formula is C24H34N2O6Si. The van der Waals surface area contributed by atoms with Gasteiger partial charge in [0.25, 0.3) is 5.69 Å². The normalized spacial score (nSPS) is 16.9. The lowest BCUT2D eigenvalue weighted by atomic mass is 9.80. The maximum atomic E-state index is 13.2. The Balaban J connectivity index is 2.59. The Morgan fingerprint density at radius 2 is 1.61 bits per heavy atom. The zero-order valence-electron chi connectivity index (χ0n) is 20.7. The molecule has 8 nitrogen and oxygen atoms in total. The van der Waals surface area contributed by atoms with Crippen molar-refractivity contribution in [2.75, 3.05) is 12.8 Å². The Morgan fingerprint density at radius 1 is 1.06 bits per heavy atom. The van der Waals surface area contributed by atoms with Gasteiger partial charge >= 0.3 is 11.9 Å². The van der Waals surface area contributed by atoms with Gasteiger partial charge in [0.05, 0.1) is 42.9 Å². The zero-order chi connectivity index (χ0) is 25.1. The van der Waals surface area contributed by atoms with Gasteiger partial charge in [0.1, 0.15) is 0 Å². The molecule has 1 unspecified atom stereocenters. The number of carbonyl (C=O) groups is 2. The van der Waals surface area contributed by atoms with E-state index in [1.54, 1.807) is 26.0 Å². The monoisotopic (exact) mass is 474 g/mol. The van der Waals surface area contributed by atoms with Crippen LogP contribution in [0.1, 0.15) is 46.1 Å². The van der Waals surface area contributed by atoms with Crippen molar-refractivity contribution in [3.8, 4) is 0 Å². The number of nitrogens with one attached hydrogen (secondary N) is 1. The van der Waals surface area contributed by atoms with Crippen molar-refractivity contribution in [1.29, 1.82) is 0 Å². The fourth-order valence-corrected chi connectivity index (χ4v) is 3.97. The number of nitro benzene ring substituents is 1. The van der Waals surface area contributed by atoms with Crippen molar-refractivity contribution in [2.24, 2.45) is 5.41 Å². The summed E-state index contributed by atoms with van der Waals surface area (Å²) in [6.45, 7) is 15.7. The van der Waals surface area contributed by atoms with Gasteiger partial charge in [-0.05, 0) is 24.8 Å². The molecule has 1 heterocycles. The predicted octanol–water partition coefficient (Wildman–Crippen LogP) is 4.84. The average Bonchev–Trinajstić information content (AvgIpc) is 2.68. The second-order valence-electron chi connectivity index (χ2n) is 10.8. The largest absolute Gasteiger partial charge is 0.466 e. The quantitative estimate of drug-likeness (QED) is 0.261. The van der Waals surface area contributed by atoms with E-state index >= 15 is 0 Å². The van der Waals surface area contributed by atoms with Crippen molar-refractivity contribution < 1.29 is 24.0 Å². The number of esters is 2. The second kappa shape index (κ2) is 9.90. The summed E-state index contributed by atoms with van der Waals surface area (Å²) in [5, 5.41) is 14.5. The highest BCUT2D eigenvalue weighted by Gasteiger charge is 2.39. The molecule has 0 fully saturated rings. The van der Waals surface area contributed by atoms with Crippen LogP contribution in [0.3, 0.4) is 0 Å². The number of allylic oxidation sites excluding steroid dienone is 2. The van der Waals surface area contributed by atoms with Crippen molar-refractivity contribution in [1.82, 2.24) is 5.32 Å². The smallest absolute Gasteiger partial charge is 0.336 e. The van der Waals surface area contributed by atoms with Gasteiger partial charge in [0, 0.05) is 23.5 Å². The lowest BCUT2D eigenvalue weighted by Crippen LogP contribution is -2.35. The zero-order valence-corrected chi connectivity index (χ0v) is 21.7. The fraction of sp³-hybridized carbons (Fsp3) is 0.500. The molecule has 2 rings (SSSR count). The molecule has 0 aromatic heterocycles. The maximum absolute atomic E-state index is 13.2. The molecule has 9 heteroatoms. The van der Waals surface area contributed by atoms with Gasteiger partial charge in [-0.3, -0.25) is 10.1 Å². The average molecular weight is 475 g/mol. The minimum absolute atomic E-state index is 0.126. The molecule has 0 aliphatic carbocycles. The molecule has 1 aliphatic rings. The number of benzene rings is 1. The molecular weight excluding hydrogens is 440 g/mol. The summed E-state index contributed by atoms with van der Waals surface area (Å²) in [7, 11) is -1.70. The molecule has 0 radical (unpaired) electrons. The van der Waals surface area contributed by atoms with Crippen LogP contribution in [0.25, 0.3) is 0 Å². The topological polar surface area (TPSA) is 108 Å². The third-order valence-corrected chi connectivity index (χ3v) is 5.90. The van der Waals surface area contributed by atoms with Gasteiger partial charge in [0.2, 0.25) is 0 Å². The number of nitrogens with zero attached hydrogens (tertiary/aromatic N) is 1. The molecule has 0 spiro atoms. The number of carbonyl (C=O) groups excluding carboxylic acids is 2. The SMILES string of the molecule is CC1=C(C(=O)OCC(C)(C)C)C(c2cccc([N+](=O)[O-])c2)C(C(=O)OC[Si](C)(C)C)=C(C)N1. The van der Waals surface area contributed by atoms with E-state index in [2.05, 4.69) is 25.0 Å². The van der Waals surface area contributed by atoms with Crippen LogP contribution in [0.5, 0.6) is 0 Å². The molecule has 180 valence electrons. The minimum atomic E-state index is -1.70. The van der Waals surface area contributed by atoms with Crippen LogP contribution in [0.15, 0.2) is 46.8 Å². The first kappa shape index (κ1) is 26.3. The lowest BCUT2D eigenvalue weighted by molar-refractivity contribution is -0.384. The van der Waals surface area contributed by atoms with Crippen molar-refractivity contribution in [2.45, 2.75) is 60.2 Å². The molecule has 1 aromatic rings. The fourth-order valence-electron chi connectivity index (χ4n) is 3.41. The Bertz CT molecular complexity index is 963. The van der Waals surface area contributed by atoms with Crippen LogP contribution in [0, 0.1) is 15.5 Å². The Kier molecular flexibility index (Phi) is 7.90. The molecule has 1 N–H and O–H groups in total. The lowest BCUT2D eigenvalue weighted by Gasteiger charge is -2.31. The Morgan fingerprint density at radius 3 is 2.09 bits per heavy atom. The molecule has 0 bridgehead atoms. The van der Waals surface area contributed by atoms with Crippen molar-refractivity contribution in [3.63, 3.8) is 0 Å². The van der Waals surface area contributed by atoms with E-state index in [0.717, 1.165) is 0 Å². The number of hydrogen-bond donors (Lipinski definition) is 1. The van der Waals surface area contributed by atoms with E-state index in [1.165, 1.54) is 12.1 Å². The standard InChI is InChI=1S/C24H34N2O6Si/c1-15-19(22(27)31-13-24(3,4)5)21(17-10-9-11-18(12-17)26(29)30)20(16(2)25-15)23(28)32-14-33(6,7)8/h9-12,21,25H,13-14H2,1-8H3. The van der Waals surface area contributed by atoms with Crippen LogP contribution in [0.2, 0.25) is 19.6 Å². The molecule has 0 amide bonds. The maximum Gasteiger partial charge on any atom is 0.336 e. The summed E-state index contributed by atoms with van der Waals surface area (Å²) in [5.74, 6) is -1.98. The number of rotatable bonds is 7. The third kappa shape index (κ3) is 7.02. The van der Waals surface area contributed by atoms with Crippen molar-refractivity contribution in [3.05, 3.63) is 62.5 Å². The van der Waals surface area contributed by atoms with E-state index in [0.29, 0.717) is 23.2 Å².